The summed E-state index contributed by atoms with van der Waals surface area (Å²) in [5, 5.41) is 4.90. The molecule has 13 heteroatoms. The summed E-state index contributed by atoms with van der Waals surface area (Å²) >= 11 is 0. The first-order chi connectivity index (χ1) is 23.3. The number of benzene rings is 3. The van der Waals surface area contributed by atoms with Crippen LogP contribution in [-0.2, 0) is 16.1 Å². The molecule has 0 saturated carbocycles. The molecule has 6 aromatic rings. The number of hydrogen-bond acceptors (Lipinski definition) is 8. The fourth-order valence-corrected chi connectivity index (χ4v) is 6.99. The maximum atomic E-state index is 14.8. The van der Waals surface area contributed by atoms with Gasteiger partial charge in [-0.3, -0.25) is 4.79 Å². The van der Waals surface area contributed by atoms with Crippen LogP contribution >= 0.6 is 0 Å². The van der Waals surface area contributed by atoms with Gasteiger partial charge in [0.1, 0.15) is 47.4 Å². The normalized spacial score (nSPS) is 19.9. The zero-order chi connectivity index (χ0) is 33.1. The van der Waals surface area contributed by atoms with Crippen molar-refractivity contribution in [3.05, 3.63) is 90.6 Å². The average Bonchev–Trinajstić information content (AvgIpc) is 3.79. The molecule has 8 rings (SSSR count). The van der Waals surface area contributed by atoms with Crippen molar-refractivity contribution in [1.82, 2.24) is 34.2 Å². The highest BCUT2D eigenvalue weighted by Gasteiger charge is 2.41. The molecule has 0 radical (unpaired) electrons. The van der Waals surface area contributed by atoms with E-state index in [2.05, 4.69) is 31.8 Å². The van der Waals surface area contributed by atoms with Crippen LogP contribution in [0.4, 0.5) is 14.6 Å². The van der Waals surface area contributed by atoms with Crippen molar-refractivity contribution < 1.29 is 23.0 Å². The van der Waals surface area contributed by atoms with E-state index in [0.717, 1.165) is 40.1 Å². The number of amides is 1. The minimum absolute atomic E-state index is 0.0462. The first-order valence-corrected chi connectivity index (χ1v) is 15.7. The minimum atomic E-state index is -0.776. The molecule has 1 fully saturated rings. The number of halogens is 2. The summed E-state index contributed by atoms with van der Waals surface area (Å²) in [6.45, 7) is 3.16. The van der Waals surface area contributed by atoms with E-state index in [1.807, 2.05) is 42.2 Å². The summed E-state index contributed by atoms with van der Waals surface area (Å²) in [6.07, 6.45) is 2.61. The van der Waals surface area contributed by atoms with Gasteiger partial charge in [0.15, 0.2) is 11.5 Å². The van der Waals surface area contributed by atoms with Gasteiger partial charge in [-0.05, 0) is 42.8 Å². The van der Waals surface area contributed by atoms with E-state index in [0.29, 0.717) is 48.7 Å². The number of carbonyl (C=O) groups excluding carboxylic acids is 1. The van der Waals surface area contributed by atoms with Gasteiger partial charge in [0.2, 0.25) is 5.91 Å². The molecule has 1 unspecified atom stereocenters. The van der Waals surface area contributed by atoms with Crippen LogP contribution in [0.5, 0.6) is 5.75 Å². The van der Waals surface area contributed by atoms with Crippen LogP contribution in [0.3, 0.4) is 0 Å². The molecule has 5 heterocycles. The number of carbonyl (C=O) groups is 1. The predicted molar refractivity (Wildman–Crippen MR) is 175 cm³/mol. The van der Waals surface area contributed by atoms with Gasteiger partial charge in [0.25, 0.3) is 0 Å². The third-order valence-corrected chi connectivity index (χ3v) is 9.28. The molecule has 48 heavy (non-hydrogen) atoms. The zero-order valence-corrected chi connectivity index (χ0v) is 26.5. The average molecular weight is 651 g/mol. The molecule has 4 bridgehead atoms. The van der Waals surface area contributed by atoms with Crippen LogP contribution in [0.1, 0.15) is 12.2 Å². The Morgan fingerprint density at radius 1 is 1.00 bits per heavy atom. The Hall–Kier alpha value is -5.43. The number of imidazole rings is 1. The number of rotatable bonds is 3. The number of fused-ring (bicyclic) bond motifs is 6. The van der Waals surface area contributed by atoms with Gasteiger partial charge in [-0.2, -0.15) is 5.10 Å². The largest absolute Gasteiger partial charge is 0.488 e. The summed E-state index contributed by atoms with van der Waals surface area (Å²) in [6, 6.07) is 16.7. The molecule has 2 aliphatic heterocycles. The van der Waals surface area contributed by atoms with Crippen molar-refractivity contribution in [3.63, 3.8) is 0 Å². The summed E-state index contributed by atoms with van der Waals surface area (Å²) in [5.74, 6) is 0.405. The number of ether oxygens (including phenoxy) is 2. The third kappa shape index (κ3) is 5.01. The van der Waals surface area contributed by atoms with Crippen LogP contribution in [0.15, 0.2) is 73.2 Å². The van der Waals surface area contributed by atoms with Crippen LogP contribution in [0.2, 0.25) is 0 Å². The van der Waals surface area contributed by atoms with E-state index in [1.54, 1.807) is 19.1 Å². The highest BCUT2D eigenvalue weighted by molar-refractivity contribution is 5.94. The molecular weight excluding hydrogens is 618 g/mol. The lowest BCUT2D eigenvalue weighted by molar-refractivity contribution is -0.133. The first kappa shape index (κ1) is 29.9. The number of anilines is 1. The molecule has 3 aromatic heterocycles. The lowest BCUT2D eigenvalue weighted by Gasteiger charge is -2.30. The Morgan fingerprint density at radius 3 is 2.69 bits per heavy atom. The lowest BCUT2D eigenvalue weighted by atomic mass is 10.0. The topological polar surface area (TPSA) is 103 Å². The predicted octanol–water partition coefficient (Wildman–Crippen LogP) is 4.93. The second-order valence-electron chi connectivity index (χ2n) is 12.3. The molecule has 3 atom stereocenters. The Labute approximate surface area is 274 Å². The van der Waals surface area contributed by atoms with Gasteiger partial charge < -0.3 is 23.8 Å². The molecule has 0 aliphatic carbocycles. The lowest BCUT2D eigenvalue weighted by Crippen LogP contribution is -2.47. The summed E-state index contributed by atoms with van der Waals surface area (Å²) in [4.78, 5) is 31.7. The monoisotopic (exact) mass is 650 g/mol. The molecular formula is C35H32F2N8O3. The molecule has 244 valence electrons. The van der Waals surface area contributed by atoms with Crippen LogP contribution in [-0.4, -0.2) is 85.6 Å². The van der Waals surface area contributed by atoms with Gasteiger partial charge in [-0.1, -0.05) is 24.3 Å². The standard InChI is InChI=1S/C35H32F2N8O3/c1-20-41-29-9-5-8-26-21-6-4-7-23(12-21)48-24-14-31(35(46)42(2)16-25(47-3)18-43(20)32(26)29)44(17-24)33-27-15-40-45(34(27)39-19-38-33)30-11-10-22(36)13-28(30)37/h4-13,15,19,24-25,31H,14,16-18H2,1-3H3/t24-,25?,31-/m0/s1. The SMILES string of the molecule is COC1CN(C)C(=O)[C@@H]2C[C@@H](CN2c2ncnc3c2cnn3-c2ccc(F)cc2F)Oc2cccc(c2)-c2cccc3nc(C)n(c23)C1. The van der Waals surface area contributed by atoms with Crippen molar-refractivity contribution in [2.24, 2.45) is 0 Å². The smallest absolute Gasteiger partial charge is 0.245 e. The summed E-state index contributed by atoms with van der Waals surface area (Å²) in [7, 11) is 3.43. The maximum Gasteiger partial charge on any atom is 0.245 e. The Balaban J connectivity index is 1.22. The number of likely N-dealkylation sites (N-methyl/N-ethyl adjacent to an activating group) is 1. The second-order valence-corrected chi connectivity index (χ2v) is 12.3. The van der Waals surface area contributed by atoms with Crippen molar-refractivity contribution in [1.29, 1.82) is 0 Å². The van der Waals surface area contributed by atoms with Gasteiger partial charge in [-0.15, -0.1) is 0 Å². The van der Waals surface area contributed by atoms with E-state index >= 15 is 0 Å². The summed E-state index contributed by atoms with van der Waals surface area (Å²) in [5.41, 5.74) is 4.27. The Morgan fingerprint density at radius 2 is 1.85 bits per heavy atom. The second kappa shape index (κ2) is 11.7. The Kier molecular flexibility index (Phi) is 7.28. The number of aryl methyl sites for hydroxylation is 1. The van der Waals surface area contributed by atoms with Gasteiger partial charge in [-0.25, -0.2) is 28.4 Å². The van der Waals surface area contributed by atoms with E-state index in [-0.39, 0.29) is 23.8 Å². The van der Waals surface area contributed by atoms with Gasteiger partial charge in [0, 0.05) is 38.8 Å². The number of aromatic nitrogens is 6. The van der Waals surface area contributed by atoms with Crippen LogP contribution < -0.4 is 9.64 Å². The Bertz CT molecular complexity index is 2200. The van der Waals surface area contributed by atoms with Crippen molar-refractivity contribution in [2.75, 3.05) is 32.1 Å². The number of hydrogen-bond donors (Lipinski definition) is 0. The fourth-order valence-electron chi connectivity index (χ4n) is 6.99. The molecule has 1 amide bonds. The molecule has 3 aromatic carbocycles. The highest BCUT2D eigenvalue weighted by atomic mass is 19.1. The number of methoxy groups -OCH3 is 1. The third-order valence-electron chi connectivity index (χ3n) is 9.28. The number of para-hydroxylation sites is 1. The number of nitrogens with zero attached hydrogens (tertiary/aromatic N) is 8. The molecule has 2 aliphatic rings. The minimum Gasteiger partial charge on any atom is -0.488 e. The summed E-state index contributed by atoms with van der Waals surface area (Å²) < 4.78 is 44.5. The van der Waals surface area contributed by atoms with Crippen LogP contribution in [0.25, 0.3) is 38.9 Å². The van der Waals surface area contributed by atoms with Crippen molar-refractivity contribution >= 4 is 33.8 Å². The van der Waals surface area contributed by atoms with E-state index in [9.17, 15) is 13.6 Å². The molecule has 11 nitrogen and oxygen atoms in total. The van der Waals surface area contributed by atoms with Gasteiger partial charge in [0.05, 0.1) is 41.8 Å². The fraction of sp³-hybridized carbons (Fsp3) is 0.286. The maximum absolute atomic E-state index is 14.8. The van der Waals surface area contributed by atoms with Crippen molar-refractivity contribution in [2.45, 2.75) is 38.1 Å². The van der Waals surface area contributed by atoms with E-state index < -0.39 is 17.7 Å². The quantitative estimate of drug-likeness (QED) is 0.266. The molecule has 0 N–H and O–H groups in total. The van der Waals surface area contributed by atoms with Crippen molar-refractivity contribution in [3.8, 4) is 22.6 Å². The highest BCUT2D eigenvalue weighted by Crippen LogP contribution is 2.36. The first-order valence-electron chi connectivity index (χ1n) is 15.7. The molecule has 0 spiro atoms. The molecule has 1 saturated heterocycles. The van der Waals surface area contributed by atoms with Gasteiger partial charge >= 0.3 is 0 Å². The van der Waals surface area contributed by atoms with E-state index in [1.165, 1.54) is 23.3 Å². The van der Waals surface area contributed by atoms with Crippen LogP contribution in [0, 0.1) is 18.6 Å². The van der Waals surface area contributed by atoms with E-state index in [4.69, 9.17) is 14.5 Å². The zero-order valence-electron chi connectivity index (χ0n) is 26.5.